The van der Waals surface area contributed by atoms with E-state index in [0.717, 1.165) is 12.2 Å². The van der Waals surface area contributed by atoms with Crippen molar-refractivity contribution >= 4 is 22.4 Å². The summed E-state index contributed by atoms with van der Waals surface area (Å²) in [5.74, 6) is 0. The first-order valence-electron chi connectivity index (χ1n) is 4.66. The Bertz CT molecular complexity index is 466. The zero-order chi connectivity index (χ0) is 10.8. The number of nitrogens with zero attached hydrogens (tertiary/aromatic N) is 3. The number of aromatic nitrogens is 2. The van der Waals surface area contributed by atoms with Crippen molar-refractivity contribution in [3.8, 4) is 0 Å². The lowest BCUT2D eigenvalue weighted by Crippen LogP contribution is -2.25. The first kappa shape index (κ1) is 9.72. The number of hydrogen-bond donors (Lipinski definition) is 2. The molecular formula is C9H13N5O. The standard InChI is InChI=1S/C9H13N5O/c1-14(5-4-10)7-3-2-6(11)8-9(7)13-15-12-8/h2-3H,4-5,10-11H2,1H3. The van der Waals surface area contributed by atoms with Crippen LogP contribution in [0.1, 0.15) is 0 Å². The first-order valence-corrected chi connectivity index (χ1v) is 4.66. The van der Waals surface area contributed by atoms with Crippen molar-refractivity contribution in [1.29, 1.82) is 0 Å². The van der Waals surface area contributed by atoms with Crippen LogP contribution >= 0.6 is 0 Å². The number of hydrogen-bond acceptors (Lipinski definition) is 6. The third kappa shape index (κ3) is 1.59. The molecule has 1 aromatic heterocycles. The average Bonchev–Trinajstić information content (AvgIpc) is 2.68. The molecule has 15 heavy (non-hydrogen) atoms. The fourth-order valence-electron chi connectivity index (χ4n) is 1.49. The topological polar surface area (TPSA) is 94.2 Å². The van der Waals surface area contributed by atoms with Gasteiger partial charge >= 0.3 is 0 Å². The number of rotatable bonds is 3. The van der Waals surface area contributed by atoms with Crippen LogP contribution in [-0.2, 0) is 0 Å². The maximum Gasteiger partial charge on any atom is 0.160 e. The van der Waals surface area contributed by atoms with E-state index in [2.05, 4.69) is 14.9 Å². The van der Waals surface area contributed by atoms with Crippen LogP contribution in [0.25, 0.3) is 11.0 Å². The highest BCUT2D eigenvalue weighted by Gasteiger charge is 2.12. The summed E-state index contributed by atoms with van der Waals surface area (Å²) in [6.07, 6.45) is 0. The molecule has 0 aliphatic heterocycles. The molecule has 2 aromatic rings. The summed E-state index contributed by atoms with van der Waals surface area (Å²) in [6.45, 7) is 1.32. The van der Waals surface area contributed by atoms with Gasteiger partial charge < -0.3 is 16.4 Å². The van der Waals surface area contributed by atoms with Gasteiger partial charge in [-0.3, -0.25) is 0 Å². The van der Waals surface area contributed by atoms with Crippen LogP contribution in [0.5, 0.6) is 0 Å². The number of likely N-dealkylation sites (N-methyl/N-ethyl adjacent to an activating group) is 1. The van der Waals surface area contributed by atoms with E-state index in [-0.39, 0.29) is 0 Å². The maximum atomic E-state index is 5.74. The van der Waals surface area contributed by atoms with Crippen LogP contribution in [0.4, 0.5) is 11.4 Å². The summed E-state index contributed by atoms with van der Waals surface area (Å²) < 4.78 is 4.68. The Morgan fingerprint density at radius 2 is 2.07 bits per heavy atom. The SMILES string of the molecule is CN(CCN)c1ccc(N)c2nonc12. The van der Waals surface area contributed by atoms with Crippen LogP contribution in [0, 0.1) is 0 Å². The molecule has 0 saturated carbocycles. The van der Waals surface area contributed by atoms with Crippen molar-refractivity contribution in [2.75, 3.05) is 30.8 Å². The van der Waals surface area contributed by atoms with Crippen molar-refractivity contribution in [2.45, 2.75) is 0 Å². The zero-order valence-electron chi connectivity index (χ0n) is 8.47. The van der Waals surface area contributed by atoms with E-state index in [0.29, 0.717) is 23.3 Å². The number of anilines is 2. The normalized spacial score (nSPS) is 10.8. The highest BCUT2D eigenvalue weighted by molar-refractivity contribution is 5.95. The van der Waals surface area contributed by atoms with E-state index >= 15 is 0 Å². The fraction of sp³-hybridized carbons (Fsp3) is 0.333. The molecule has 1 aromatic carbocycles. The van der Waals surface area contributed by atoms with Crippen molar-refractivity contribution < 1.29 is 4.63 Å². The summed E-state index contributed by atoms with van der Waals surface area (Å²) in [4.78, 5) is 1.99. The van der Waals surface area contributed by atoms with Gasteiger partial charge in [0.2, 0.25) is 0 Å². The third-order valence-corrected chi connectivity index (χ3v) is 2.30. The van der Waals surface area contributed by atoms with Gasteiger partial charge in [-0.15, -0.1) is 0 Å². The lowest BCUT2D eigenvalue weighted by molar-refractivity contribution is 0.315. The molecule has 6 nitrogen and oxygen atoms in total. The second-order valence-corrected chi connectivity index (χ2v) is 3.35. The highest BCUT2D eigenvalue weighted by atomic mass is 16.6. The van der Waals surface area contributed by atoms with Crippen LogP contribution in [0.15, 0.2) is 16.8 Å². The molecule has 0 amide bonds. The lowest BCUT2D eigenvalue weighted by Gasteiger charge is -2.17. The second kappa shape index (κ2) is 3.74. The quantitative estimate of drug-likeness (QED) is 0.698. The van der Waals surface area contributed by atoms with E-state index in [1.54, 1.807) is 6.07 Å². The second-order valence-electron chi connectivity index (χ2n) is 3.35. The molecule has 0 unspecified atom stereocenters. The van der Waals surface area contributed by atoms with Gasteiger partial charge in [0, 0.05) is 20.1 Å². The van der Waals surface area contributed by atoms with E-state index in [1.807, 2.05) is 18.0 Å². The molecule has 0 fully saturated rings. The van der Waals surface area contributed by atoms with Gasteiger partial charge in [0.1, 0.15) is 0 Å². The number of benzene rings is 1. The van der Waals surface area contributed by atoms with Gasteiger partial charge in [0.15, 0.2) is 11.0 Å². The van der Waals surface area contributed by atoms with Gasteiger partial charge in [0.05, 0.1) is 11.4 Å². The Morgan fingerprint density at radius 3 is 2.80 bits per heavy atom. The van der Waals surface area contributed by atoms with Gasteiger partial charge in [-0.1, -0.05) is 0 Å². The predicted molar refractivity (Wildman–Crippen MR) is 58.5 cm³/mol. The summed E-state index contributed by atoms with van der Waals surface area (Å²) in [5.41, 5.74) is 14.0. The Morgan fingerprint density at radius 1 is 1.33 bits per heavy atom. The number of nitrogen functional groups attached to an aromatic ring is 1. The molecule has 0 radical (unpaired) electrons. The highest BCUT2D eigenvalue weighted by Crippen LogP contribution is 2.27. The first-order chi connectivity index (χ1) is 7.24. The van der Waals surface area contributed by atoms with Crippen LogP contribution in [0.2, 0.25) is 0 Å². The van der Waals surface area contributed by atoms with Gasteiger partial charge in [-0.05, 0) is 22.4 Å². The lowest BCUT2D eigenvalue weighted by atomic mass is 10.2. The Labute approximate surface area is 86.8 Å². The molecule has 0 bridgehead atoms. The molecule has 4 N–H and O–H groups in total. The Balaban J connectivity index is 2.52. The average molecular weight is 207 g/mol. The van der Waals surface area contributed by atoms with Crippen molar-refractivity contribution in [2.24, 2.45) is 5.73 Å². The minimum Gasteiger partial charge on any atom is -0.397 e. The summed E-state index contributed by atoms with van der Waals surface area (Å²) in [7, 11) is 1.94. The largest absolute Gasteiger partial charge is 0.397 e. The molecular weight excluding hydrogens is 194 g/mol. The monoisotopic (exact) mass is 207 g/mol. The third-order valence-electron chi connectivity index (χ3n) is 2.30. The van der Waals surface area contributed by atoms with Gasteiger partial charge in [-0.25, -0.2) is 4.63 Å². The molecule has 2 rings (SSSR count). The Kier molecular flexibility index (Phi) is 2.42. The summed E-state index contributed by atoms with van der Waals surface area (Å²) in [5, 5.41) is 7.59. The van der Waals surface area contributed by atoms with E-state index in [4.69, 9.17) is 11.5 Å². The van der Waals surface area contributed by atoms with Crippen LogP contribution in [0.3, 0.4) is 0 Å². The van der Waals surface area contributed by atoms with E-state index in [9.17, 15) is 0 Å². The Hall–Kier alpha value is -1.82. The van der Waals surface area contributed by atoms with Gasteiger partial charge in [-0.2, -0.15) is 0 Å². The summed E-state index contributed by atoms with van der Waals surface area (Å²) >= 11 is 0. The smallest absolute Gasteiger partial charge is 0.160 e. The van der Waals surface area contributed by atoms with E-state index < -0.39 is 0 Å². The summed E-state index contributed by atoms with van der Waals surface area (Å²) in [6, 6.07) is 3.67. The minimum atomic E-state index is 0.566. The molecule has 0 aliphatic carbocycles. The fourth-order valence-corrected chi connectivity index (χ4v) is 1.49. The molecule has 6 heteroatoms. The maximum absolute atomic E-state index is 5.74. The van der Waals surface area contributed by atoms with Crippen molar-refractivity contribution in [1.82, 2.24) is 10.3 Å². The van der Waals surface area contributed by atoms with Crippen LogP contribution in [-0.4, -0.2) is 30.5 Å². The molecule has 0 aliphatic rings. The predicted octanol–water partition coefficient (Wildman–Crippen LogP) is 0.200. The molecule has 80 valence electrons. The van der Waals surface area contributed by atoms with Crippen LogP contribution < -0.4 is 16.4 Å². The van der Waals surface area contributed by atoms with Crippen molar-refractivity contribution in [3.63, 3.8) is 0 Å². The van der Waals surface area contributed by atoms with Gasteiger partial charge in [0.25, 0.3) is 0 Å². The minimum absolute atomic E-state index is 0.566. The number of fused-ring (bicyclic) bond motifs is 1. The molecule has 0 saturated heterocycles. The molecule has 0 spiro atoms. The van der Waals surface area contributed by atoms with Crippen molar-refractivity contribution in [3.05, 3.63) is 12.1 Å². The molecule has 1 heterocycles. The number of nitrogens with two attached hydrogens (primary N) is 2. The van der Waals surface area contributed by atoms with E-state index in [1.165, 1.54) is 0 Å². The zero-order valence-corrected chi connectivity index (χ0v) is 8.47. The molecule has 0 atom stereocenters.